The molecule has 0 aliphatic heterocycles. The van der Waals surface area contributed by atoms with E-state index in [0.29, 0.717) is 12.0 Å². The molecule has 1 atom stereocenters. The number of carboxylic acid groups (broad SMARTS) is 1. The van der Waals surface area contributed by atoms with Gasteiger partial charge in [-0.3, -0.25) is 0 Å². The first-order chi connectivity index (χ1) is 6.52. The number of benzene rings is 1. The number of hydrogen-bond acceptors (Lipinski definition) is 2. The van der Waals surface area contributed by atoms with Crippen molar-refractivity contribution in [1.29, 1.82) is 0 Å². The first-order valence-corrected chi connectivity index (χ1v) is 4.66. The number of hydrogen-bond donors (Lipinski definition) is 2. The van der Waals surface area contributed by atoms with Crippen LogP contribution in [0.1, 0.15) is 22.8 Å². The highest BCUT2D eigenvalue weighted by molar-refractivity contribution is 6.33. The van der Waals surface area contributed by atoms with Gasteiger partial charge in [0.1, 0.15) is 0 Å². The minimum absolute atomic E-state index is 0.0773. The zero-order valence-corrected chi connectivity index (χ0v) is 8.58. The monoisotopic (exact) mass is 213 g/mol. The summed E-state index contributed by atoms with van der Waals surface area (Å²) in [5, 5.41) is 9.19. The second-order valence-corrected chi connectivity index (χ2v) is 3.67. The van der Waals surface area contributed by atoms with E-state index >= 15 is 0 Å². The Morgan fingerprint density at radius 1 is 1.64 bits per heavy atom. The number of aromatic carboxylic acids is 1. The van der Waals surface area contributed by atoms with Crippen molar-refractivity contribution in [1.82, 2.24) is 0 Å². The molecule has 1 rings (SSSR count). The van der Waals surface area contributed by atoms with Crippen LogP contribution in [-0.2, 0) is 6.42 Å². The molecule has 0 saturated heterocycles. The molecular formula is C10H12ClNO2. The maximum atomic E-state index is 10.9. The van der Waals surface area contributed by atoms with Crippen LogP contribution in [0.4, 0.5) is 0 Å². The highest BCUT2D eigenvalue weighted by atomic mass is 35.5. The molecule has 0 amide bonds. The smallest absolute Gasteiger partial charge is 0.337 e. The quantitative estimate of drug-likeness (QED) is 0.807. The van der Waals surface area contributed by atoms with E-state index < -0.39 is 5.97 Å². The van der Waals surface area contributed by atoms with E-state index in [1.54, 1.807) is 18.2 Å². The first kappa shape index (κ1) is 11.0. The molecule has 0 saturated carbocycles. The van der Waals surface area contributed by atoms with Gasteiger partial charge in [-0.15, -0.1) is 0 Å². The van der Waals surface area contributed by atoms with Gasteiger partial charge >= 0.3 is 5.97 Å². The van der Waals surface area contributed by atoms with Crippen molar-refractivity contribution in [2.45, 2.75) is 19.4 Å². The van der Waals surface area contributed by atoms with Crippen LogP contribution in [-0.4, -0.2) is 17.1 Å². The van der Waals surface area contributed by atoms with Crippen molar-refractivity contribution >= 4 is 17.6 Å². The zero-order chi connectivity index (χ0) is 10.7. The van der Waals surface area contributed by atoms with Crippen LogP contribution in [0, 0.1) is 0 Å². The molecule has 0 fully saturated rings. The van der Waals surface area contributed by atoms with Crippen LogP contribution in [0.5, 0.6) is 0 Å². The topological polar surface area (TPSA) is 63.3 Å². The van der Waals surface area contributed by atoms with E-state index in [0.717, 1.165) is 0 Å². The second-order valence-electron chi connectivity index (χ2n) is 3.26. The average Bonchev–Trinajstić information content (AvgIpc) is 2.01. The lowest BCUT2D eigenvalue weighted by Gasteiger charge is -2.09. The molecule has 76 valence electrons. The largest absolute Gasteiger partial charge is 0.478 e. The Hall–Kier alpha value is -1.06. The molecule has 3 nitrogen and oxygen atoms in total. The molecule has 0 aromatic heterocycles. The van der Waals surface area contributed by atoms with Crippen LogP contribution in [0.25, 0.3) is 0 Å². The Bertz CT molecular complexity index is 350. The van der Waals surface area contributed by atoms with E-state index in [4.69, 9.17) is 22.4 Å². The van der Waals surface area contributed by atoms with Crippen LogP contribution in [0.3, 0.4) is 0 Å². The second kappa shape index (κ2) is 4.44. The van der Waals surface area contributed by atoms with E-state index in [2.05, 4.69) is 0 Å². The third-order valence-corrected chi connectivity index (χ3v) is 2.17. The summed E-state index contributed by atoms with van der Waals surface area (Å²) < 4.78 is 0. The van der Waals surface area contributed by atoms with Crippen LogP contribution < -0.4 is 5.73 Å². The summed E-state index contributed by atoms with van der Waals surface area (Å²) in [7, 11) is 0. The summed E-state index contributed by atoms with van der Waals surface area (Å²) in [4.78, 5) is 10.9. The van der Waals surface area contributed by atoms with Gasteiger partial charge in [0, 0.05) is 6.04 Å². The molecule has 0 unspecified atom stereocenters. The first-order valence-electron chi connectivity index (χ1n) is 4.28. The number of rotatable bonds is 3. The molecule has 1 aromatic rings. The molecule has 4 heteroatoms. The number of carbonyl (C=O) groups is 1. The third kappa shape index (κ3) is 2.47. The van der Waals surface area contributed by atoms with Gasteiger partial charge in [0.25, 0.3) is 0 Å². The maximum absolute atomic E-state index is 10.9. The lowest BCUT2D eigenvalue weighted by Crippen LogP contribution is -2.19. The van der Waals surface area contributed by atoms with Gasteiger partial charge in [0.15, 0.2) is 0 Å². The molecule has 14 heavy (non-hydrogen) atoms. The van der Waals surface area contributed by atoms with Crippen LogP contribution >= 0.6 is 11.6 Å². The molecular weight excluding hydrogens is 202 g/mol. The van der Waals surface area contributed by atoms with Crippen LogP contribution in [0.2, 0.25) is 5.02 Å². The fourth-order valence-corrected chi connectivity index (χ4v) is 1.60. The molecule has 0 bridgehead atoms. The van der Waals surface area contributed by atoms with E-state index in [9.17, 15) is 4.79 Å². The zero-order valence-electron chi connectivity index (χ0n) is 7.83. The van der Waals surface area contributed by atoms with Gasteiger partial charge in [-0.1, -0.05) is 23.7 Å². The number of nitrogens with two attached hydrogens (primary N) is 1. The van der Waals surface area contributed by atoms with E-state index in [1.165, 1.54) is 0 Å². The van der Waals surface area contributed by atoms with Crippen molar-refractivity contribution in [3.05, 3.63) is 34.3 Å². The number of halogens is 1. The molecule has 1 aromatic carbocycles. The Balaban J connectivity index is 3.14. The van der Waals surface area contributed by atoms with Gasteiger partial charge in [-0.2, -0.15) is 0 Å². The number of carboxylic acids is 1. The Morgan fingerprint density at radius 3 is 2.79 bits per heavy atom. The van der Waals surface area contributed by atoms with Crippen molar-refractivity contribution in [3.8, 4) is 0 Å². The Morgan fingerprint density at radius 2 is 2.29 bits per heavy atom. The van der Waals surface area contributed by atoms with Gasteiger partial charge < -0.3 is 10.8 Å². The lowest BCUT2D eigenvalue weighted by molar-refractivity contribution is 0.0696. The van der Waals surface area contributed by atoms with Gasteiger partial charge in [-0.05, 0) is 25.0 Å². The normalized spacial score (nSPS) is 12.5. The summed E-state index contributed by atoms with van der Waals surface area (Å²) in [5.41, 5.74) is 6.45. The molecule has 0 radical (unpaired) electrons. The van der Waals surface area contributed by atoms with Crippen LogP contribution in [0.15, 0.2) is 18.2 Å². The minimum atomic E-state index is -1.01. The third-order valence-electron chi connectivity index (χ3n) is 1.86. The van der Waals surface area contributed by atoms with Crippen molar-refractivity contribution in [3.63, 3.8) is 0 Å². The summed E-state index contributed by atoms with van der Waals surface area (Å²) >= 11 is 5.79. The highest BCUT2D eigenvalue weighted by Crippen LogP contribution is 2.20. The molecule has 0 heterocycles. The van der Waals surface area contributed by atoms with Gasteiger partial charge in [-0.25, -0.2) is 4.79 Å². The summed E-state index contributed by atoms with van der Waals surface area (Å²) in [6.07, 6.45) is 0.516. The predicted octanol–water partition coefficient (Wildman–Crippen LogP) is 1.93. The average molecular weight is 214 g/mol. The summed E-state index contributed by atoms with van der Waals surface area (Å²) in [5.74, 6) is -1.01. The van der Waals surface area contributed by atoms with E-state index in [1.807, 2.05) is 6.92 Å². The van der Waals surface area contributed by atoms with Crippen molar-refractivity contribution < 1.29 is 9.90 Å². The molecule has 0 aliphatic rings. The fraction of sp³-hybridized carbons (Fsp3) is 0.300. The molecule has 3 N–H and O–H groups in total. The van der Waals surface area contributed by atoms with Gasteiger partial charge in [0.2, 0.25) is 0 Å². The highest BCUT2D eigenvalue weighted by Gasteiger charge is 2.14. The summed E-state index contributed by atoms with van der Waals surface area (Å²) in [6, 6.07) is 4.95. The maximum Gasteiger partial charge on any atom is 0.337 e. The standard InChI is InChI=1S/C10H12ClNO2/c1-6(12)5-7-3-2-4-8(11)9(7)10(13)14/h2-4,6H,5,12H2,1H3,(H,13,14)/t6-/m1/s1. The van der Waals surface area contributed by atoms with Crippen molar-refractivity contribution in [2.75, 3.05) is 0 Å². The Labute approximate surface area is 87.5 Å². The molecule has 0 spiro atoms. The summed E-state index contributed by atoms with van der Waals surface area (Å²) in [6.45, 7) is 1.83. The lowest BCUT2D eigenvalue weighted by atomic mass is 10.0. The van der Waals surface area contributed by atoms with Crippen molar-refractivity contribution in [2.24, 2.45) is 5.73 Å². The minimum Gasteiger partial charge on any atom is -0.478 e. The Kier molecular flexibility index (Phi) is 3.49. The van der Waals surface area contributed by atoms with Gasteiger partial charge in [0.05, 0.1) is 10.6 Å². The predicted molar refractivity (Wildman–Crippen MR) is 55.8 cm³/mol. The fourth-order valence-electron chi connectivity index (χ4n) is 1.33. The van der Waals surface area contributed by atoms with E-state index in [-0.39, 0.29) is 16.6 Å². The molecule has 0 aliphatic carbocycles. The SMILES string of the molecule is C[C@@H](N)Cc1cccc(Cl)c1C(=O)O.